The molecule has 0 radical (unpaired) electrons. The van der Waals surface area contributed by atoms with Crippen molar-refractivity contribution >= 4 is 21.6 Å². The zero-order valence-corrected chi connectivity index (χ0v) is 11.1. The van der Waals surface area contributed by atoms with E-state index < -0.39 is 0 Å². The molecule has 1 aromatic heterocycles. The van der Waals surface area contributed by atoms with E-state index in [0.717, 1.165) is 0 Å². The van der Waals surface area contributed by atoms with Crippen LogP contribution in [0.15, 0.2) is 15.5 Å². The summed E-state index contributed by atoms with van der Waals surface area (Å²) in [6.45, 7) is 1.34. The summed E-state index contributed by atoms with van der Waals surface area (Å²) >= 11 is 3.21. The second-order valence-corrected chi connectivity index (χ2v) is 4.92. The Morgan fingerprint density at radius 1 is 1.53 bits per heavy atom. The van der Waals surface area contributed by atoms with E-state index in [1.807, 2.05) is 0 Å². The topological polar surface area (TPSA) is 67.0 Å². The van der Waals surface area contributed by atoms with Gasteiger partial charge in [0.25, 0.3) is 5.56 Å². The van der Waals surface area contributed by atoms with Crippen LogP contribution in [0.3, 0.4) is 0 Å². The Labute approximate surface area is 108 Å². The highest BCUT2D eigenvalue weighted by Gasteiger charge is 2.14. The fourth-order valence-corrected chi connectivity index (χ4v) is 2.30. The minimum Gasteiger partial charge on any atom is -0.380 e. The molecule has 0 atom stereocenters. The third-order valence-electron chi connectivity index (χ3n) is 2.87. The van der Waals surface area contributed by atoms with E-state index in [9.17, 15) is 4.79 Å². The Morgan fingerprint density at radius 2 is 2.29 bits per heavy atom. The molecule has 17 heavy (non-hydrogen) atoms. The number of ether oxygens (including phenoxy) is 1. The Bertz CT molecular complexity index is 415. The molecule has 1 fully saturated rings. The average molecular weight is 302 g/mol. The molecular formula is C11H16BrN3O2. The minimum atomic E-state index is -0.230. The van der Waals surface area contributed by atoms with Gasteiger partial charge in [0.15, 0.2) is 0 Å². The van der Waals surface area contributed by atoms with E-state index in [-0.39, 0.29) is 5.56 Å². The van der Waals surface area contributed by atoms with E-state index in [2.05, 4.69) is 31.4 Å². The van der Waals surface area contributed by atoms with Crippen LogP contribution in [0.1, 0.15) is 25.7 Å². The number of aromatic nitrogens is 2. The molecule has 1 aliphatic carbocycles. The molecule has 1 saturated carbocycles. The zero-order chi connectivity index (χ0) is 12.1. The van der Waals surface area contributed by atoms with Crippen LogP contribution in [-0.2, 0) is 4.74 Å². The van der Waals surface area contributed by atoms with Crippen molar-refractivity contribution in [1.29, 1.82) is 0 Å². The van der Waals surface area contributed by atoms with Crippen molar-refractivity contribution in [2.24, 2.45) is 0 Å². The molecule has 1 aliphatic rings. The summed E-state index contributed by atoms with van der Waals surface area (Å²) in [6.07, 6.45) is 6.93. The van der Waals surface area contributed by atoms with Gasteiger partial charge in [-0.2, -0.15) is 5.10 Å². The number of halogens is 1. The largest absolute Gasteiger partial charge is 0.380 e. The van der Waals surface area contributed by atoms with Crippen molar-refractivity contribution < 1.29 is 4.74 Å². The van der Waals surface area contributed by atoms with Gasteiger partial charge >= 0.3 is 0 Å². The van der Waals surface area contributed by atoms with Crippen molar-refractivity contribution in [3.8, 4) is 0 Å². The number of nitrogens with zero attached hydrogens (tertiary/aromatic N) is 1. The molecule has 0 aromatic carbocycles. The smallest absolute Gasteiger partial charge is 0.280 e. The molecule has 5 nitrogen and oxygen atoms in total. The normalized spacial score (nSPS) is 16.3. The van der Waals surface area contributed by atoms with Crippen LogP contribution in [0.5, 0.6) is 0 Å². The molecule has 0 saturated heterocycles. The molecule has 1 heterocycles. The quantitative estimate of drug-likeness (QED) is 0.815. The van der Waals surface area contributed by atoms with Gasteiger partial charge in [-0.1, -0.05) is 12.8 Å². The average Bonchev–Trinajstić information content (AvgIpc) is 2.83. The van der Waals surface area contributed by atoms with E-state index in [1.54, 1.807) is 6.20 Å². The number of nitrogens with one attached hydrogen (secondary N) is 2. The van der Waals surface area contributed by atoms with Gasteiger partial charge in [-0.15, -0.1) is 0 Å². The molecule has 0 bridgehead atoms. The summed E-state index contributed by atoms with van der Waals surface area (Å²) in [6, 6.07) is 0. The van der Waals surface area contributed by atoms with Crippen LogP contribution in [0.4, 0.5) is 5.69 Å². The minimum absolute atomic E-state index is 0.230. The molecule has 0 aliphatic heterocycles. The van der Waals surface area contributed by atoms with E-state index >= 15 is 0 Å². The van der Waals surface area contributed by atoms with E-state index in [1.165, 1.54) is 25.7 Å². The molecule has 94 valence electrons. The number of rotatable bonds is 5. The Hall–Kier alpha value is -0.880. The summed E-state index contributed by atoms with van der Waals surface area (Å²) in [5.74, 6) is 0. The van der Waals surface area contributed by atoms with Crippen molar-refractivity contribution in [1.82, 2.24) is 10.2 Å². The summed E-state index contributed by atoms with van der Waals surface area (Å²) in [5, 5.41) is 9.21. The first-order valence-electron chi connectivity index (χ1n) is 5.86. The van der Waals surface area contributed by atoms with Crippen molar-refractivity contribution in [2.75, 3.05) is 18.5 Å². The van der Waals surface area contributed by atoms with Crippen LogP contribution in [0.25, 0.3) is 0 Å². The standard InChI is InChI=1S/C11H16BrN3O2/c12-10-9(7-14-15-11(10)16)13-5-6-17-8-3-1-2-4-8/h7-8H,1-6H2,(H2,13,15,16). The van der Waals surface area contributed by atoms with E-state index in [0.29, 0.717) is 29.4 Å². The lowest BCUT2D eigenvalue weighted by molar-refractivity contribution is 0.0659. The first-order valence-corrected chi connectivity index (χ1v) is 6.65. The highest BCUT2D eigenvalue weighted by Crippen LogP contribution is 2.20. The molecule has 2 N–H and O–H groups in total. The third-order valence-corrected chi connectivity index (χ3v) is 3.66. The summed E-state index contributed by atoms with van der Waals surface area (Å²) in [5.41, 5.74) is 0.468. The van der Waals surface area contributed by atoms with Gasteiger partial charge in [0, 0.05) is 6.54 Å². The monoisotopic (exact) mass is 301 g/mol. The summed E-state index contributed by atoms with van der Waals surface area (Å²) < 4.78 is 6.19. The van der Waals surface area contributed by atoms with Gasteiger partial charge in [-0.05, 0) is 28.8 Å². The third kappa shape index (κ3) is 3.54. The molecule has 0 spiro atoms. The highest BCUT2D eigenvalue weighted by atomic mass is 79.9. The molecule has 0 amide bonds. The van der Waals surface area contributed by atoms with Gasteiger partial charge in [0.2, 0.25) is 0 Å². The maximum Gasteiger partial charge on any atom is 0.280 e. The van der Waals surface area contributed by atoms with Crippen molar-refractivity contribution in [2.45, 2.75) is 31.8 Å². The Balaban J connectivity index is 1.74. The lowest BCUT2D eigenvalue weighted by atomic mass is 10.3. The number of hydrogen-bond acceptors (Lipinski definition) is 4. The maximum atomic E-state index is 11.2. The predicted octanol–water partition coefficient (Wildman–Crippen LogP) is 1.90. The molecule has 1 aromatic rings. The summed E-state index contributed by atoms with van der Waals surface area (Å²) in [7, 11) is 0. The van der Waals surface area contributed by atoms with Crippen LogP contribution < -0.4 is 10.9 Å². The van der Waals surface area contributed by atoms with Crippen LogP contribution in [-0.4, -0.2) is 29.5 Å². The number of H-pyrrole nitrogens is 1. The fourth-order valence-electron chi connectivity index (χ4n) is 1.97. The fraction of sp³-hybridized carbons (Fsp3) is 0.636. The van der Waals surface area contributed by atoms with E-state index in [4.69, 9.17) is 4.74 Å². The number of hydrogen-bond donors (Lipinski definition) is 2. The maximum absolute atomic E-state index is 11.2. The Morgan fingerprint density at radius 3 is 3.06 bits per heavy atom. The number of aromatic amines is 1. The molecule has 0 unspecified atom stereocenters. The second kappa shape index (κ2) is 6.16. The van der Waals surface area contributed by atoms with Gasteiger partial charge in [0.1, 0.15) is 4.47 Å². The molecule has 6 heteroatoms. The first kappa shape index (κ1) is 12.6. The van der Waals surface area contributed by atoms with Crippen molar-refractivity contribution in [3.63, 3.8) is 0 Å². The van der Waals surface area contributed by atoms with Gasteiger partial charge in [-0.3, -0.25) is 4.79 Å². The first-order chi connectivity index (χ1) is 8.27. The van der Waals surface area contributed by atoms with Gasteiger partial charge in [-0.25, -0.2) is 5.10 Å². The SMILES string of the molecule is O=c1[nH]ncc(NCCOC2CCCC2)c1Br. The second-order valence-electron chi connectivity index (χ2n) is 4.13. The molecule has 2 rings (SSSR count). The van der Waals surface area contributed by atoms with Gasteiger partial charge < -0.3 is 10.1 Å². The summed E-state index contributed by atoms with van der Waals surface area (Å²) in [4.78, 5) is 11.2. The lowest BCUT2D eigenvalue weighted by Crippen LogP contribution is -2.17. The van der Waals surface area contributed by atoms with Crippen LogP contribution >= 0.6 is 15.9 Å². The molecular weight excluding hydrogens is 286 g/mol. The Kier molecular flexibility index (Phi) is 4.56. The highest BCUT2D eigenvalue weighted by molar-refractivity contribution is 9.10. The van der Waals surface area contributed by atoms with Gasteiger partial charge in [0.05, 0.1) is 24.6 Å². The van der Waals surface area contributed by atoms with Crippen LogP contribution in [0.2, 0.25) is 0 Å². The zero-order valence-electron chi connectivity index (χ0n) is 9.54. The number of anilines is 1. The van der Waals surface area contributed by atoms with Crippen molar-refractivity contribution in [3.05, 3.63) is 21.0 Å². The van der Waals surface area contributed by atoms with Crippen LogP contribution in [0, 0.1) is 0 Å². The predicted molar refractivity (Wildman–Crippen MR) is 69.3 cm³/mol. The lowest BCUT2D eigenvalue weighted by Gasteiger charge is -2.12.